The molecular weight excluding hydrogens is 429 g/mol. The molecule has 172 valence electrons. The lowest BCUT2D eigenvalue weighted by molar-refractivity contribution is -0.137. The summed E-state index contributed by atoms with van der Waals surface area (Å²) in [4.78, 5) is 8.26. The van der Waals surface area contributed by atoms with Crippen LogP contribution in [0.1, 0.15) is 44.7 Å². The zero-order chi connectivity index (χ0) is 23.7. The molecule has 0 radical (unpaired) electrons. The van der Waals surface area contributed by atoms with Gasteiger partial charge in [0.15, 0.2) is 0 Å². The van der Waals surface area contributed by atoms with Crippen molar-refractivity contribution in [2.75, 3.05) is 6.61 Å². The largest absolute Gasteiger partial charge is 0.491 e. The van der Waals surface area contributed by atoms with Crippen LogP contribution in [-0.4, -0.2) is 22.1 Å². The van der Waals surface area contributed by atoms with E-state index in [4.69, 9.17) is 10.5 Å². The maximum atomic E-state index is 13.8. The molecule has 9 heteroatoms. The number of halogens is 5. The second-order valence-corrected chi connectivity index (χ2v) is 8.61. The second-order valence-electron chi connectivity index (χ2n) is 8.61. The van der Waals surface area contributed by atoms with Crippen LogP contribution in [0.4, 0.5) is 22.0 Å². The molecule has 1 atom stereocenters. The fraction of sp³-hybridized carbons (Fsp3) is 0.391. The van der Waals surface area contributed by atoms with Crippen molar-refractivity contribution in [3.8, 4) is 17.0 Å². The first-order chi connectivity index (χ1) is 14.8. The molecule has 2 N–H and O–H groups in total. The van der Waals surface area contributed by atoms with Crippen LogP contribution in [0.25, 0.3) is 22.2 Å². The third-order valence-electron chi connectivity index (χ3n) is 4.88. The standard InChI is InChI=1S/C23H24F5N3O/c1-13(10-22(2,3)29)12-32-20-11-31-19(9-17(20)21(24)25)15-6-7-30-18-5-4-14(8-16(15)18)23(26,27)28/h4-9,11,13,21H,10,12,29H2,1-3H3. The van der Waals surface area contributed by atoms with Gasteiger partial charge in [-0.05, 0) is 56.5 Å². The van der Waals surface area contributed by atoms with Crippen LogP contribution in [0, 0.1) is 5.92 Å². The van der Waals surface area contributed by atoms with E-state index in [-0.39, 0.29) is 40.5 Å². The predicted octanol–water partition coefficient (Wildman–Crippen LogP) is 6.40. The Balaban J connectivity index is 1.97. The summed E-state index contributed by atoms with van der Waals surface area (Å²) in [5, 5.41) is 0.169. The number of alkyl halides is 5. The zero-order valence-electron chi connectivity index (χ0n) is 17.9. The van der Waals surface area contributed by atoms with Crippen molar-refractivity contribution in [2.24, 2.45) is 11.7 Å². The Bertz CT molecular complexity index is 1090. The number of hydrogen-bond donors (Lipinski definition) is 1. The van der Waals surface area contributed by atoms with E-state index in [1.165, 1.54) is 24.5 Å². The normalized spacial score (nSPS) is 13.6. The topological polar surface area (TPSA) is 61.0 Å². The van der Waals surface area contributed by atoms with E-state index in [1.807, 2.05) is 20.8 Å². The predicted molar refractivity (Wildman–Crippen MR) is 112 cm³/mol. The van der Waals surface area contributed by atoms with Crippen molar-refractivity contribution in [1.82, 2.24) is 9.97 Å². The monoisotopic (exact) mass is 453 g/mol. The number of fused-ring (bicyclic) bond motifs is 1. The third-order valence-corrected chi connectivity index (χ3v) is 4.88. The Labute approximate surface area is 182 Å². The summed E-state index contributed by atoms with van der Waals surface area (Å²) < 4.78 is 72.6. The van der Waals surface area contributed by atoms with E-state index in [0.29, 0.717) is 11.9 Å². The van der Waals surface area contributed by atoms with Gasteiger partial charge in [-0.3, -0.25) is 9.97 Å². The van der Waals surface area contributed by atoms with Crippen LogP contribution in [-0.2, 0) is 6.18 Å². The summed E-state index contributed by atoms with van der Waals surface area (Å²) in [6.45, 7) is 5.82. The minimum absolute atomic E-state index is 0.0186. The Hall–Kier alpha value is -2.81. The van der Waals surface area contributed by atoms with Gasteiger partial charge in [-0.25, -0.2) is 8.78 Å². The second kappa shape index (κ2) is 8.97. The van der Waals surface area contributed by atoms with Gasteiger partial charge in [-0.15, -0.1) is 0 Å². The van der Waals surface area contributed by atoms with Crippen molar-refractivity contribution >= 4 is 10.9 Å². The lowest BCUT2D eigenvalue weighted by Crippen LogP contribution is -2.35. The minimum atomic E-state index is -4.55. The number of hydrogen-bond acceptors (Lipinski definition) is 4. The van der Waals surface area contributed by atoms with E-state index < -0.39 is 23.7 Å². The zero-order valence-corrected chi connectivity index (χ0v) is 17.9. The molecule has 0 saturated heterocycles. The van der Waals surface area contributed by atoms with E-state index in [0.717, 1.165) is 18.2 Å². The molecule has 4 nitrogen and oxygen atoms in total. The fourth-order valence-electron chi connectivity index (χ4n) is 3.63. The molecule has 0 saturated carbocycles. The van der Waals surface area contributed by atoms with Gasteiger partial charge in [-0.1, -0.05) is 6.92 Å². The summed E-state index contributed by atoms with van der Waals surface area (Å²) in [6, 6.07) is 5.71. The maximum absolute atomic E-state index is 13.8. The van der Waals surface area contributed by atoms with Gasteiger partial charge in [0.05, 0.1) is 35.1 Å². The first-order valence-corrected chi connectivity index (χ1v) is 10.0. The third kappa shape index (κ3) is 5.70. The van der Waals surface area contributed by atoms with Crippen molar-refractivity contribution in [1.29, 1.82) is 0 Å². The highest BCUT2D eigenvalue weighted by molar-refractivity contribution is 5.94. The van der Waals surface area contributed by atoms with Gasteiger partial charge >= 0.3 is 6.18 Å². The Morgan fingerprint density at radius 2 is 1.78 bits per heavy atom. The van der Waals surface area contributed by atoms with Gasteiger partial charge in [0, 0.05) is 22.7 Å². The van der Waals surface area contributed by atoms with Crippen LogP contribution >= 0.6 is 0 Å². The molecule has 2 aromatic heterocycles. The molecule has 0 spiro atoms. The summed E-state index contributed by atoms with van der Waals surface area (Å²) in [7, 11) is 0. The minimum Gasteiger partial charge on any atom is -0.491 e. The van der Waals surface area contributed by atoms with Gasteiger partial charge in [0.1, 0.15) is 5.75 Å². The average molecular weight is 453 g/mol. The molecule has 0 fully saturated rings. The van der Waals surface area contributed by atoms with Crippen LogP contribution in [0.3, 0.4) is 0 Å². The van der Waals surface area contributed by atoms with Crippen LogP contribution in [0.15, 0.2) is 42.7 Å². The molecule has 0 aliphatic rings. The molecule has 1 unspecified atom stereocenters. The first-order valence-electron chi connectivity index (χ1n) is 10.0. The van der Waals surface area contributed by atoms with E-state index in [1.54, 1.807) is 0 Å². The number of nitrogens with two attached hydrogens (primary N) is 1. The van der Waals surface area contributed by atoms with E-state index in [9.17, 15) is 22.0 Å². The average Bonchev–Trinajstić information content (AvgIpc) is 2.69. The number of benzene rings is 1. The molecular formula is C23H24F5N3O. The van der Waals surface area contributed by atoms with E-state index in [2.05, 4.69) is 9.97 Å². The van der Waals surface area contributed by atoms with Crippen LogP contribution < -0.4 is 10.5 Å². The molecule has 0 amide bonds. The van der Waals surface area contributed by atoms with Crippen molar-refractivity contribution in [2.45, 2.75) is 45.3 Å². The Morgan fingerprint density at radius 3 is 2.41 bits per heavy atom. The highest BCUT2D eigenvalue weighted by Gasteiger charge is 2.31. The highest BCUT2D eigenvalue weighted by Crippen LogP contribution is 2.37. The lowest BCUT2D eigenvalue weighted by Gasteiger charge is -2.23. The van der Waals surface area contributed by atoms with Crippen molar-refractivity contribution < 1.29 is 26.7 Å². The molecule has 1 aromatic carbocycles. The molecule has 0 aliphatic heterocycles. The van der Waals surface area contributed by atoms with Gasteiger partial charge < -0.3 is 10.5 Å². The van der Waals surface area contributed by atoms with Gasteiger partial charge in [-0.2, -0.15) is 13.2 Å². The first kappa shape index (κ1) is 23.8. The molecule has 0 aliphatic carbocycles. The smallest absolute Gasteiger partial charge is 0.416 e. The number of nitrogens with zero attached hydrogens (tertiary/aromatic N) is 2. The van der Waals surface area contributed by atoms with Crippen LogP contribution in [0.2, 0.25) is 0 Å². The number of ether oxygens (including phenoxy) is 1. The summed E-state index contributed by atoms with van der Waals surface area (Å²) in [6.07, 6.45) is -4.19. The Kier molecular flexibility index (Phi) is 6.69. The highest BCUT2D eigenvalue weighted by atomic mass is 19.4. The molecule has 2 heterocycles. The summed E-state index contributed by atoms with van der Waals surface area (Å²) in [5.41, 5.74) is 5.00. The number of rotatable bonds is 7. The molecule has 3 rings (SSSR count). The molecule has 0 bridgehead atoms. The number of aromatic nitrogens is 2. The quantitative estimate of drug-likeness (QED) is 0.421. The molecule has 32 heavy (non-hydrogen) atoms. The fourth-order valence-corrected chi connectivity index (χ4v) is 3.63. The lowest BCUT2D eigenvalue weighted by atomic mass is 9.93. The summed E-state index contributed by atoms with van der Waals surface area (Å²) >= 11 is 0. The van der Waals surface area contributed by atoms with E-state index >= 15 is 0 Å². The number of pyridine rings is 2. The summed E-state index contributed by atoms with van der Waals surface area (Å²) in [5.74, 6) is -0.0510. The van der Waals surface area contributed by atoms with Gasteiger partial charge in [0.2, 0.25) is 0 Å². The Morgan fingerprint density at radius 1 is 1.06 bits per heavy atom. The van der Waals surface area contributed by atoms with Gasteiger partial charge in [0.25, 0.3) is 6.43 Å². The maximum Gasteiger partial charge on any atom is 0.416 e. The van der Waals surface area contributed by atoms with Crippen LogP contribution in [0.5, 0.6) is 5.75 Å². The van der Waals surface area contributed by atoms with Crippen molar-refractivity contribution in [3.05, 3.63) is 53.9 Å². The van der Waals surface area contributed by atoms with Crippen molar-refractivity contribution in [3.63, 3.8) is 0 Å². The SMILES string of the molecule is CC(COc1cnc(-c2ccnc3ccc(C(F)(F)F)cc23)cc1C(F)F)CC(C)(C)N. The molecule has 3 aromatic rings.